The SMILES string of the molecule is CCCC(CCC)S(=O)(=O)CC(NC(=O)CCC(=O)NC)C(=O)N[C@@H](Cc1ccccc1)[C@H](O)CNCc1cccc(OC)c1. The molecule has 0 radical (unpaired) electrons. The minimum Gasteiger partial charge on any atom is -0.497 e. The maximum absolute atomic E-state index is 13.7. The molecule has 5 N–H and O–H groups in total. The van der Waals surface area contributed by atoms with Gasteiger partial charge in [0.15, 0.2) is 9.84 Å². The van der Waals surface area contributed by atoms with Crippen molar-refractivity contribution in [3.05, 3.63) is 65.7 Å². The minimum atomic E-state index is -3.78. The fourth-order valence-electron chi connectivity index (χ4n) is 5.04. The van der Waals surface area contributed by atoms with Crippen molar-refractivity contribution in [3.63, 3.8) is 0 Å². The third kappa shape index (κ3) is 13.6. The van der Waals surface area contributed by atoms with Crippen LogP contribution in [0.2, 0.25) is 0 Å². The van der Waals surface area contributed by atoms with Crippen molar-refractivity contribution < 1.29 is 32.6 Å². The third-order valence-corrected chi connectivity index (χ3v) is 9.83. The molecule has 0 saturated heterocycles. The summed E-state index contributed by atoms with van der Waals surface area (Å²) in [5.41, 5.74) is 1.81. The van der Waals surface area contributed by atoms with E-state index in [0.717, 1.165) is 11.1 Å². The normalized spacial score (nSPS) is 13.5. The lowest BCUT2D eigenvalue weighted by molar-refractivity contribution is -0.130. The van der Waals surface area contributed by atoms with Crippen LogP contribution >= 0.6 is 0 Å². The smallest absolute Gasteiger partial charge is 0.243 e. The molecule has 0 aliphatic carbocycles. The summed E-state index contributed by atoms with van der Waals surface area (Å²) >= 11 is 0. The van der Waals surface area contributed by atoms with Gasteiger partial charge in [0, 0.05) is 33.0 Å². The van der Waals surface area contributed by atoms with Crippen molar-refractivity contribution >= 4 is 27.6 Å². The van der Waals surface area contributed by atoms with Crippen molar-refractivity contribution in [3.8, 4) is 5.75 Å². The number of carbonyl (C=O) groups is 3. The van der Waals surface area contributed by atoms with Gasteiger partial charge in [0.2, 0.25) is 17.7 Å². The van der Waals surface area contributed by atoms with Gasteiger partial charge < -0.3 is 31.1 Å². The second-order valence-electron chi connectivity index (χ2n) is 11.2. The number of benzene rings is 2. The highest BCUT2D eigenvalue weighted by atomic mass is 32.2. The Labute approximate surface area is 267 Å². The predicted molar refractivity (Wildman–Crippen MR) is 175 cm³/mol. The number of methoxy groups -OCH3 is 1. The van der Waals surface area contributed by atoms with Crippen molar-refractivity contribution in [2.45, 2.75) is 88.8 Å². The van der Waals surface area contributed by atoms with Crippen LogP contribution in [0.15, 0.2) is 54.6 Å². The summed E-state index contributed by atoms with van der Waals surface area (Å²) in [5.74, 6) is -1.56. The first-order valence-electron chi connectivity index (χ1n) is 15.6. The fourth-order valence-corrected chi connectivity index (χ4v) is 7.20. The van der Waals surface area contributed by atoms with Crippen LogP contribution in [-0.2, 0) is 37.2 Å². The van der Waals surface area contributed by atoms with Crippen LogP contribution in [0.3, 0.4) is 0 Å². The molecule has 2 aromatic rings. The lowest BCUT2D eigenvalue weighted by Gasteiger charge is -2.28. The fraction of sp³-hybridized carbons (Fsp3) is 0.545. The molecule has 0 aromatic heterocycles. The Morgan fingerprint density at radius 1 is 0.889 bits per heavy atom. The number of sulfone groups is 1. The molecule has 2 aromatic carbocycles. The lowest BCUT2D eigenvalue weighted by Crippen LogP contribution is -2.57. The Hall–Kier alpha value is -3.48. The summed E-state index contributed by atoms with van der Waals surface area (Å²) in [4.78, 5) is 38.2. The number of amides is 3. The van der Waals surface area contributed by atoms with E-state index in [4.69, 9.17) is 4.74 Å². The van der Waals surface area contributed by atoms with E-state index in [1.165, 1.54) is 7.05 Å². The minimum absolute atomic E-state index is 0.105. The molecular formula is C33H50N4O7S. The van der Waals surface area contributed by atoms with Gasteiger partial charge in [-0.2, -0.15) is 0 Å². The molecule has 0 aliphatic heterocycles. The summed E-state index contributed by atoms with van der Waals surface area (Å²) in [6.45, 7) is 4.38. The second-order valence-corrected chi connectivity index (χ2v) is 13.5. The molecule has 11 nitrogen and oxygen atoms in total. The van der Waals surface area contributed by atoms with E-state index in [1.54, 1.807) is 7.11 Å². The molecule has 0 saturated carbocycles. The molecule has 0 spiro atoms. The molecule has 2 rings (SSSR count). The van der Waals surface area contributed by atoms with Crippen molar-refractivity contribution in [2.75, 3.05) is 26.5 Å². The largest absolute Gasteiger partial charge is 0.497 e. The Bertz CT molecular complexity index is 1300. The number of hydrogen-bond donors (Lipinski definition) is 5. The zero-order valence-corrected chi connectivity index (χ0v) is 27.7. The first kappa shape index (κ1) is 37.7. The summed E-state index contributed by atoms with van der Waals surface area (Å²) in [6, 6.07) is 14.6. The molecule has 45 heavy (non-hydrogen) atoms. The van der Waals surface area contributed by atoms with Gasteiger partial charge in [-0.3, -0.25) is 14.4 Å². The Morgan fingerprint density at radius 2 is 1.53 bits per heavy atom. The number of nitrogens with one attached hydrogen (secondary N) is 4. The average molecular weight is 647 g/mol. The summed E-state index contributed by atoms with van der Waals surface area (Å²) in [5, 5.41) is 21.6. The highest BCUT2D eigenvalue weighted by molar-refractivity contribution is 7.92. The van der Waals surface area contributed by atoms with Crippen LogP contribution in [0.1, 0.15) is 63.5 Å². The predicted octanol–water partition coefficient (Wildman–Crippen LogP) is 2.27. The number of aliphatic hydroxyl groups is 1. The van der Waals surface area contributed by atoms with Gasteiger partial charge in [0.1, 0.15) is 11.8 Å². The van der Waals surface area contributed by atoms with E-state index >= 15 is 0 Å². The van der Waals surface area contributed by atoms with Crippen molar-refractivity contribution in [2.24, 2.45) is 0 Å². The first-order chi connectivity index (χ1) is 21.5. The molecule has 0 aliphatic rings. The van der Waals surface area contributed by atoms with Gasteiger partial charge in [0.25, 0.3) is 0 Å². The van der Waals surface area contributed by atoms with Gasteiger partial charge in [-0.25, -0.2) is 8.42 Å². The van der Waals surface area contributed by atoms with Crippen molar-refractivity contribution in [1.82, 2.24) is 21.3 Å². The summed E-state index contributed by atoms with van der Waals surface area (Å²) in [7, 11) is -0.738. The van der Waals surface area contributed by atoms with Gasteiger partial charge in [-0.05, 0) is 42.5 Å². The monoisotopic (exact) mass is 646 g/mol. The van der Waals surface area contributed by atoms with Gasteiger partial charge in [-0.1, -0.05) is 69.2 Å². The number of ether oxygens (including phenoxy) is 1. The number of hydrogen-bond acceptors (Lipinski definition) is 8. The molecule has 0 fully saturated rings. The zero-order valence-electron chi connectivity index (χ0n) is 26.9. The van der Waals surface area contributed by atoms with Crippen LogP contribution in [0.25, 0.3) is 0 Å². The van der Waals surface area contributed by atoms with E-state index in [-0.39, 0.29) is 31.7 Å². The van der Waals surface area contributed by atoms with E-state index in [2.05, 4.69) is 21.3 Å². The molecule has 3 atom stereocenters. The average Bonchev–Trinajstić information content (AvgIpc) is 3.03. The van der Waals surface area contributed by atoms with Crippen LogP contribution in [0.5, 0.6) is 5.75 Å². The van der Waals surface area contributed by atoms with Crippen LogP contribution in [0, 0.1) is 0 Å². The van der Waals surface area contributed by atoms with E-state index in [0.29, 0.717) is 38.0 Å². The Morgan fingerprint density at radius 3 is 2.16 bits per heavy atom. The standard InChI is InChI=1S/C33H50N4O7S/c1-5-11-27(12-6-2)45(42,43)23-29(36-32(40)18-17-31(39)34-3)33(41)37-28(20-24-13-8-7-9-14-24)30(38)22-35-21-25-15-10-16-26(19-25)44-4/h7-10,13-16,19,27-30,35,38H,5-6,11-12,17-18,20-23H2,1-4H3,(H,34,39)(H,36,40)(H,37,41)/t28-,29?,30+/m0/s1. The summed E-state index contributed by atoms with van der Waals surface area (Å²) < 4.78 is 32.2. The topological polar surface area (TPSA) is 163 Å². The lowest BCUT2D eigenvalue weighted by atomic mass is 10.0. The van der Waals surface area contributed by atoms with Crippen LogP contribution < -0.4 is 26.0 Å². The quantitative estimate of drug-likeness (QED) is 0.138. The van der Waals surface area contributed by atoms with Crippen LogP contribution in [-0.4, -0.2) is 81.1 Å². The van der Waals surface area contributed by atoms with Gasteiger partial charge in [-0.15, -0.1) is 0 Å². The summed E-state index contributed by atoms with van der Waals surface area (Å²) in [6.07, 6.45) is 1.13. The highest BCUT2D eigenvalue weighted by Gasteiger charge is 2.34. The Balaban J connectivity index is 2.26. The molecule has 250 valence electrons. The molecule has 1 unspecified atom stereocenters. The van der Waals surface area contributed by atoms with Crippen molar-refractivity contribution in [1.29, 1.82) is 0 Å². The van der Waals surface area contributed by atoms with E-state index < -0.39 is 50.8 Å². The maximum Gasteiger partial charge on any atom is 0.243 e. The third-order valence-electron chi connectivity index (χ3n) is 7.55. The van der Waals surface area contributed by atoms with Crippen LogP contribution in [0.4, 0.5) is 0 Å². The molecule has 12 heteroatoms. The first-order valence-corrected chi connectivity index (χ1v) is 17.3. The molecule has 0 heterocycles. The number of aliphatic hydroxyl groups excluding tert-OH is 1. The molecule has 0 bridgehead atoms. The Kier molecular flexibility index (Phi) is 16.6. The van der Waals surface area contributed by atoms with E-state index in [1.807, 2.05) is 68.4 Å². The van der Waals surface area contributed by atoms with Gasteiger partial charge in [0.05, 0.1) is 30.3 Å². The molecular weight excluding hydrogens is 596 g/mol. The zero-order chi connectivity index (χ0) is 33.2. The number of rotatable bonds is 21. The molecule has 3 amide bonds. The van der Waals surface area contributed by atoms with Gasteiger partial charge >= 0.3 is 0 Å². The van der Waals surface area contributed by atoms with E-state index in [9.17, 15) is 27.9 Å². The maximum atomic E-state index is 13.7. The second kappa shape index (κ2) is 19.8. The highest BCUT2D eigenvalue weighted by Crippen LogP contribution is 2.18. The number of carbonyl (C=O) groups excluding carboxylic acids is 3.